The van der Waals surface area contributed by atoms with E-state index < -0.39 is 11.9 Å². The zero-order valence-corrected chi connectivity index (χ0v) is 9.29. The van der Waals surface area contributed by atoms with Crippen LogP contribution in [0.15, 0.2) is 18.2 Å². The SMILES string of the molecule is COc1ccc(CNC(=O)C(C)N)cc1F. The van der Waals surface area contributed by atoms with Crippen molar-refractivity contribution >= 4 is 5.91 Å². The van der Waals surface area contributed by atoms with E-state index in [-0.39, 0.29) is 18.2 Å². The van der Waals surface area contributed by atoms with Crippen LogP contribution in [0.5, 0.6) is 5.75 Å². The molecule has 4 nitrogen and oxygen atoms in total. The molecule has 0 saturated carbocycles. The maximum absolute atomic E-state index is 13.3. The van der Waals surface area contributed by atoms with E-state index in [1.54, 1.807) is 13.0 Å². The Hall–Kier alpha value is -1.62. The minimum atomic E-state index is -0.567. The Morgan fingerprint density at radius 2 is 2.31 bits per heavy atom. The summed E-state index contributed by atoms with van der Waals surface area (Å²) in [5.74, 6) is -0.534. The fraction of sp³-hybridized carbons (Fsp3) is 0.364. The third-order valence-electron chi connectivity index (χ3n) is 2.10. The molecule has 1 amide bonds. The molecule has 0 bridgehead atoms. The molecule has 0 aliphatic heterocycles. The van der Waals surface area contributed by atoms with E-state index in [4.69, 9.17) is 10.5 Å². The van der Waals surface area contributed by atoms with Crippen LogP contribution in [0.3, 0.4) is 0 Å². The van der Waals surface area contributed by atoms with Crippen molar-refractivity contribution in [2.45, 2.75) is 19.5 Å². The fourth-order valence-electron chi connectivity index (χ4n) is 1.17. The molecule has 0 heterocycles. The molecule has 1 unspecified atom stereocenters. The molecule has 16 heavy (non-hydrogen) atoms. The minimum Gasteiger partial charge on any atom is -0.494 e. The Labute approximate surface area is 93.6 Å². The monoisotopic (exact) mass is 226 g/mol. The van der Waals surface area contributed by atoms with Gasteiger partial charge in [0.15, 0.2) is 11.6 Å². The number of nitrogens with one attached hydrogen (secondary N) is 1. The highest BCUT2D eigenvalue weighted by atomic mass is 19.1. The molecule has 1 atom stereocenters. The quantitative estimate of drug-likeness (QED) is 0.798. The van der Waals surface area contributed by atoms with E-state index in [0.717, 1.165) is 0 Å². The first-order valence-electron chi connectivity index (χ1n) is 4.90. The average Bonchev–Trinajstić information content (AvgIpc) is 2.25. The number of carbonyl (C=O) groups excluding carboxylic acids is 1. The molecule has 0 aliphatic carbocycles. The molecule has 88 valence electrons. The molecule has 5 heteroatoms. The molecular weight excluding hydrogens is 211 g/mol. The maximum Gasteiger partial charge on any atom is 0.236 e. The molecule has 1 rings (SSSR count). The first kappa shape index (κ1) is 12.4. The van der Waals surface area contributed by atoms with Gasteiger partial charge in [-0.3, -0.25) is 4.79 Å². The lowest BCUT2D eigenvalue weighted by molar-refractivity contribution is -0.122. The van der Waals surface area contributed by atoms with Gasteiger partial charge in [0.25, 0.3) is 0 Å². The summed E-state index contributed by atoms with van der Waals surface area (Å²) in [6.07, 6.45) is 0. The van der Waals surface area contributed by atoms with E-state index in [9.17, 15) is 9.18 Å². The van der Waals surface area contributed by atoms with Gasteiger partial charge in [0.05, 0.1) is 13.2 Å². The summed E-state index contributed by atoms with van der Waals surface area (Å²) in [6, 6.07) is 3.95. The van der Waals surface area contributed by atoms with Gasteiger partial charge in [0, 0.05) is 6.54 Å². The number of hydrogen-bond acceptors (Lipinski definition) is 3. The highest BCUT2D eigenvalue weighted by Crippen LogP contribution is 2.17. The Kier molecular flexibility index (Phi) is 4.25. The minimum absolute atomic E-state index is 0.183. The summed E-state index contributed by atoms with van der Waals surface area (Å²) >= 11 is 0. The second-order valence-electron chi connectivity index (χ2n) is 3.48. The summed E-state index contributed by atoms with van der Waals surface area (Å²) in [4.78, 5) is 11.2. The van der Waals surface area contributed by atoms with Gasteiger partial charge >= 0.3 is 0 Å². The van der Waals surface area contributed by atoms with Gasteiger partial charge in [-0.25, -0.2) is 4.39 Å². The van der Waals surface area contributed by atoms with Gasteiger partial charge < -0.3 is 15.8 Å². The predicted octanol–water partition coefficient (Wildman–Crippen LogP) is 0.798. The average molecular weight is 226 g/mol. The summed E-state index contributed by atoms with van der Waals surface area (Å²) in [5.41, 5.74) is 6.03. The van der Waals surface area contributed by atoms with Crippen molar-refractivity contribution in [1.82, 2.24) is 5.32 Å². The Balaban J connectivity index is 2.62. The zero-order valence-electron chi connectivity index (χ0n) is 9.29. The van der Waals surface area contributed by atoms with Crippen molar-refractivity contribution in [3.05, 3.63) is 29.6 Å². The number of benzene rings is 1. The third-order valence-corrected chi connectivity index (χ3v) is 2.10. The van der Waals surface area contributed by atoms with Crippen molar-refractivity contribution in [2.24, 2.45) is 5.73 Å². The smallest absolute Gasteiger partial charge is 0.236 e. The van der Waals surface area contributed by atoms with Gasteiger partial charge in [0.2, 0.25) is 5.91 Å². The normalized spacial score (nSPS) is 12.0. The van der Waals surface area contributed by atoms with Crippen LogP contribution in [-0.4, -0.2) is 19.1 Å². The molecular formula is C11H15FN2O2. The zero-order chi connectivity index (χ0) is 12.1. The van der Waals surface area contributed by atoms with Gasteiger partial charge in [-0.15, -0.1) is 0 Å². The number of ether oxygens (including phenoxy) is 1. The second kappa shape index (κ2) is 5.46. The Bertz CT molecular complexity index is 380. The molecule has 0 spiro atoms. The van der Waals surface area contributed by atoms with Gasteiger partial charge in [0.1, 0.15) is 0 Å². The van der Waals surface area contributed by atoms with Crippen LogP contribution < -0.4 is 15.8 Å². The van der Waals surface area contributed by atoms with Crippen LogP contribution in [0.4, 0.5) is 4.39 Å². The lowest BCUT2D eigenvalue weighted by atomic mass is 10.2. The number of amides is 1. The summed E-state index contributed by atoms with van der Waals surface area (Å²) < 4.78 is 18.1. The lowest BCUT2D eigenvalue weighted by Gasteiger charge is -2.08. The van der Waals surface area contributed by atoms with Crippen LogP contribution in [0, 0.1) is 5.82 Å². The number of nitrogens with two attached hydrogens (primary N) is 1. The summed E-state index contributed by atoms with van der Waals surface area (Å²) in [5, 5.41) is 2.59. The van der Waals surface area contributed by atoms with Crippen molar-refractivity contribution in [3.63, 3.8) is 0 Å². The molecule has 0 radical (unpaired) electrons. The van der Waals surface area contributed by atoms with Gasteiger partial charge in [-0.1, -0.05) is 6.07 Å². The van der Waals surface area contributed by atoms with E-state index in [1.807, 2.05) is 0 Å². The number of rotatable bonds is 4. The molecule has 0 saturated heterocycles. The van der Waals surface area contributed by atoms with E-state index in [2.05, 4.69) is 5.32 Å². The second-order valence-corrected chi connectivity index (χ2v) is 3.48. The van der Waals surface area contributed by atoms with Crippen LogP contribution in [0.1, 0.15) is 12.5 Å². The van der Waals surface area contributed by atoms with E-state index in [0.29, 0.717) is 5.56 Å². The highest BCUT2D eigenvalue weighted by Gasteiger charge is 2.07. The molecule has 0 fully saturated rings. The molecule has 0 aromatic heterocycles. The number of carbonyl (C=O) groups is 1. The van der Waals surface area contributed by atoms with Crippen LogP contribution in [0.25, 0.3) is 0 Å². The van der Waals surface area contributed by atoms with Crippen LogP contribution >= 0.6 is 0 Å². The van der Waals surface area contributed by atoms with Gasteiger partial charge in [-0.05, 0) is 24.6 Å². The number of halogens is 1. The number of hydrogen-bond donors (Lipinski definition) is 2. The highest BCUT2D eigenvalue weighted by molar-refractivity contribution is 5.80. The maximum atomic E-state index is 13.3. The molecule has 1 aromatic rings. The van der Waals surface area contributed by atoms with Crippen molar-refractivity contribution in [3.8, 4) is 5.75 Å². The van der Waals surface area contributed by atoms with Crippen LogP contribution in [0.2, 0.25) is 0 Å². The van der Waals surface area contributed by atoms with Crippen LogP contribution in [-0.2, 0) is 11.3 Å². The first-order chi connectivity index (χ1) is 7.54. The molecule has 1 aromatic carbocycles. The van der Waals surface area contributed by atoms with Gasteiger partial charge in [-0.2, -0.15) is 0 Å². The third kappa shape index (κ3) is 3.20. The lowest BCUT2D eigenvalue weighted by Crippen LogP contribution is -2.37. The first-order valence-corrected chi connectivity index (χ1v) is 4.90. The predicted molar refractivity (Wildman–Crippen MR) is 58.4 cm³/mol. The van der Waals surface area contributed by atoms with Crippen molar-refractivity contribution < 1.29 is 13.9 Å². The Morgan fingerprint density at radius 3 is 2.81 bits per heavy atom. The molecule has 0 aliphatic rings. The standard InChI is InChI=1S/C11H15FN2O2/c1-7(13)11(15)14-6-8-3-4-10(16-2)9(12)5-8/h3-5,7H,6,13H2,1-2H3,(H,14,15). The molecule has 3 N–H and O–H groups in total. The van der Waals surface area contributed by atoms with E-state index in [1.165, 1.54) is 19.2 Å². The topological polar surface area (TPSA) is 64.3 Å². The van der Waals surface area contributed by atoms with Crippen molar-refractivity contribution in [1.29, 1.82) is 0 Å². The van der Waals surface area contributed by atoms with Crippen molar-refractivity contribution in [2.75, 3.05) is 7.11 Å². The fourth-order valence-corrected chi connectivity index (χ4v) is 1.17. The Morgan fingerprint density at radius 1 is 1.62 bits per heavy atom. The van der Waals surface area contributed by atoms with E-state index >= 15 is 0 Å². The number of methoxy groups -OCH3 is 1. The summed E-state index contributed by atoms with van der Waals surface area (Å²) in [7, 11) is 1.40. The largest absolute Gasteiger partial charge is 0.494 e. The summed E-state index contributed by atoms with van der Waals surface area (Å²) in [6.45, 7) is 1.84.